The number of carbonyl (C=O) groups is 1. The molecule has 0 bridgehead atoms. The predicted molar refractivity (Wildman–Crippen MR) is 97.7 cm³/mol. The number of carbonyl (C=O) groups excluding carboxylic acids is 1. The minimum Gasteiger partial charge on any atom is -0.491 e. The van der Waals surface area contributed by atoms with Crippen molar-refractivity contribution in [3.8, 4) is 5.75 Å². The quantitative estimate of drug-likeness (QED) is 0.788. The van der Waals surface area contributed by atoms with E-state index in [9.17, 15) is 4.79 Å². The van der Waals surface area contributed by atoms with Crippen LogP contribution in [0.5, 0.6) is 5.75 Å². The van der Waals surface area contributed by atoms with Crippen molar-refractivity contribution in [1.82, 2.24) is 10.6 Å². The van der Waals surface area contributed by atoms with Crippen LogP contribution in [0.3, 0.4) is 0 Å². The van der Waals surface area contributed by atoms with Gasteiger partial charge in [-0.1, -0.05) is 12.1 Å². The molecule has 2 N–H and O–H groups in total. The van der Waals surface area contributed by atoms with Crippen molar-refractivity contribution in [2.24, 2.45) is 5.41 Å². The number of amides is 1. The maximum atomic E-state index is 12.7. The lowest BCUT2D eigenvalue weighted by Gasteiger charge is -2.35. The summed E-state index contributed by atoms with van der Waals surface area (Å²) in [6.07, 6.45) is 1.79. The Kier molecular flexibility index (Phi) is 8.53. The van der Waals surface area contributed by atoms with Crippen LogP contribution < -0.4 is 15.4 Å². The number of halogens is 1. The van der Waals surface area contributed by atoms with Gasteiger partial charge in [-0.05, 0) is 57.5 Å². The molecule has 136 valence electrons. The molecular weight excluding hydrogens is 328 g/mol. The highest BCUT2D eigenvalue weighted by atomic mass is 35.5. The highest BCUT2D eigenvalue weighted by molar-refractivity contribution is 5.85. The largest absolute Gasteiger partial charge is 0.491 e. The predicted octanol–water partition coefficient (Wildman–Crippen LogP) is 2.53. The van der Waals surface area contributed by atoms with E-state index < -0.39 is 5.41 Å². The average molecular weight is 357 g/mol. The van der Waals surface area contributed by atoms with E-state index in [0.29, 0.717) is 13.2 Å². The van der Waals surface area contributed by atoms with Crippen LogP contribution in [-0.4, -0.2) is 38.8 Å². The molecule has 0 atom stereocenters. The smallest absolute Gasteiger partial charge is 0.228 e. The van der Waals surface area contributed by atoms with Gasteiger partial charge in [0.1, 0.15) is 5.75 Å². The number of methoxy groups -OCH3 is 1. The zero-order valence-electron chi connectivity index (χ0n) is 14.8. The van der Waals surface area contributed by atoms with Gasteiger partial charge in [0.15, 0.2) is 0 Å². The van der Waals surface area contributed by atoms with Crippen LogP contribution in [0.15, 0.2) is 24.3 Å². The van der Waals surface area contributed by atoms with Gasteiger partial charge in [-0.2, -0.15) is 0 Å². The monoisotopic (exact) mass is 356 g/mol. The van der Waals surface area contributed by atoms with E-state index in [1.54, 1.807) is 7.11 Å². The Labute approximate surface area is 150 Å². The zero-order valence-corrected chi connectivity index (χ0v) is 15.6. The number of nitrogens with one attached hydrogen (secondary N) is 2. The molecule has 0 aliphatic carbocycles. The minimum atomic E-state index is -0.402. The summed E-state index contributed by atoms with van der Waals surface area (Å²) in [6, 6.07) is 7.86. The zero-order chi connectivity index (χ0) is 16.7. The van der Waals surface area contributed by atoms with Gasteiger partial charge in [0.25, 0.3) is 0 Å². The Morgan fingerprint density at radius 3 is 2.42 bits per heavy atom. The highest BCUT2D eigenvalue weighted by Crippen LogP contribution is 2.29. The minimum absolute atomic E-state index is 0. The molecule has 1 aliphatic heterocycles. The summed E-state index contributed by atoms with van der Waals surface area (Å²) < 4.78 is 10.9. The van der Waals surface area contributed by atoms with Crippen LogP contribution in [0, 0.1) is 5.41 Å². The van der Waals surface area contributed by atoms with Crippen LogP contribution in [-0.2, 0) is 16.1 Å². The summed E-state index contributed by atoms with van der Waals surface area (Å²) in [5.41, 5.74) is 0.664. The molecule has 0 aromatic heterocycles. The third kappa shape index (κ3) is 5.65. The molecule has 1 saturated heterocycles. The van der Waals surface area contributed by atoms with E-state index in [0.717, 1.165) is 37.2 Å². The first-order chi connectivity index (χ1) is 11.1. The van der Waals surface area contributed by atoms with E-state index in [1.807, 2.05) is 38.1 Å². The Balaban J connectivity index is 0.00000288. The van der Waals surface area contributed by atoms with Crippen molar-refractivity contribution < 1.29 is 14.3 Å². The fourth-order valence-corrected chi connectivity index (χ4v) is 2.95. The molecule has 1 amide bonds. The van der Waals surface area contributed by atoms with Gasteiger partial charge in [-0.25, -0.2) is 0 Å². The summed E-state index contributed by atoms with van der Waals surface area (Å²) in [5, 5.41) is 6.37. The van der Waals surface area contributed by atoms with E-state index >= 15 is 0 Å². The first-order valence-corrected chi connectivity index (χ1v) is 8.29. The molecule has 6 heteroatoms. The second-order valence-electron chi connectivity index (χ2n) is 6.46. The van der Waals surface area contributed by atoms with Crippen LogP contribution in [0.1, 0.15) is 32.3 Å². The van der Waals surface area contributed by atoms with Crippen molar-refractivity contribution >= 4 is 18.3 Å². The number of benzene rings is 1. The summed E-state index contributed by atoms with van der Waals surface area (Å²) in [7, 11) is 1.66. The summed E-state index contributed by atoms with van der Waals surface area (Å²) in [6.45, 7) is 6.72. The maximum Gasteiger partial charge on any atom is 0.228 e. The standard InChI is InChI=1S/C18H28N2O3.ClH/c1-14(2)23-16-6-4-15(5-7-16)12-20-17(21)18(13-22-3)8-10-19-11-9-18;/h4-7,14,19H,8-13H2,1-3H3,(H,20,21);1H. The van der Waals surface area contributed by atoms with Crippen LogP contribution in [0.2, 0.25) is 0 Å². The molecular formula is C18H29ClN2O3. The highest BCUT2D eigenvalue weighted by Gasteiger charge is 2.39. The second kappa shape index (κ2) is 9.87. The Morgan fingerprint density at radius 2 is 1.88 bits per heavy atom. The van der Waals surface area contributed by atoms with Gasteiger partial charge < -0.3 is 20.1 Å². The van der Waals surface area contributed by atoms with Gasteiger partial charge in [-0.3, -0.25) is 4.79 Å². The number of ether oxygens (including phenoxy) is 2. The van der Waals surface area contributed by atoms with E-state index in [-0.39, 0.29) is 24.4 Å². The number of piperidine rings is 1. The third-order valence-electron chi connectivity index (χ3n) is 4.21. The number of hydrogen-bond donors (Lipinski definition) is 2. The summed E-state index contributed by atoms with van der Waals surface area (Å²) in [5.74, 6) is 0.938. The van der Waals surface area contributed by atoms with E-state index in [1.165, 1.54) is 0 Å². The molecule has 0 spiro atoms. The lowest BCUT2D eigenvalue weighted by atomic mass is 9.78. The normalized spacial score (nSPS) is 16.3. The molecule has 24 heavy (non-hydrogen) atoms. The van der Waals surface area contributed by atoms with Gasteiger partial charge >= 0.3 is 0 Å². The van der Waals surface area contributed by atoms with Gasteiger partial charge in [0.2, 0.25) is 5.91 Å². The second-order valence-corrected chi connectivity index (χ2v) is 6.46. The van der Waals surface area contributed by atoms with Gasteiger partial charge in [-0.15, -0.1) is 12.4 Å². The lowest BCUT2D eigenvalue weighted by Crippen LogP contribution is -2.49. The fourth-order valence-electron chi connectivity index (χ4n) is 2.95. The number of hydrogen-bond acceptors (Lipinski definition) is 4. The van der Waals surface area contributed by atoms with Crippen molar-refractivity contribution in [1.29, 1.82) is 0 Å². The van der Waals surface area contributed by atoms with Crippen molar-refractivity contribution in [3.05, 3.63) is 29.8 Å². The van der Waals surface area contributed by atoms with Crippen LogP contribution in [0.25, 0.3) is 0 Å². The molecule has 1 heterocycles. The van der Waals surface area contributed by atoms with E-state index in [4.69, 9.17) is 9.47 Å². The lowest BCUT2D eigenvalue weighted by molar-refractivity contribution is -0.136. The molecule has 2 rings (SSSR count). The Hall–Kier alpha value is -1.30. The van der Waals surface area contributed by atoms with Crippen molar-refractivity contribution in [3.63, 3.8) is 0 Å². The molecule has 1 aromatic rings. The molecule has 1 fully saturated rings. The first-order valence-electron chi connectivity index (χ1n) is 8.29. The van der Waals surface area contributed by atoms with Crippen LogP contribution >= 0.6 is 12.4 Å². The van der Waals surface area contributed by atoms with Gasteiger partial charge in [0, 0.05) is 13.7 Å². The third-order valence-corrected chi connectivity index (χ3v) is 4.21. The van der Waals surface area contributed by atoms with E-state index in [2.05, 4.69) is 10.6 Å². The Bertz CT molecular complexity index is 494. The number of rotatable bonds is 7. The van der Waals surface area contributed by atoms with Crippen molar-refractivity contribution in [2.75, 3.05) is 26.8 Å². The molecule has 5 nitrogen and oxygen atoms in total. The topological polar surface area (TPSA) is 59.6 Å². The molecule has 1 aromatic carbocycles. The maximum absolute atomic E-state index is 12.7. The molecule has 0 saturated carbocycles. The summed E-state index contributed by atoms with van der Waals surface area (Å²) in [4.78, 5) is 12.7. The van der Waals surface area contributed by atoms with Gasteiger partial charge in [0.05, 0.1) is 18.1 Å². The summed E-state index contributed by atoms with van der Waals surface area (Å²) >= 11 is 0. The van der Waals surface area contributed by atoms with Crippen LogP contribution in [0.4, 0.5) is 0 Å². The molecule has 0 unspecified atom stereocenters. The van der Waals surface area contributed by atoms with Crippen molar-refractivity contribution in [2.45, 2.75) is 39.3 Å². The SMILES string of the molecule is COCC1(C(=O)NCc2ccc(OC(C)C)cc2)CCNCC1.Cl. The Morgan fingerprint density at radius 1 is 1.25 bits per heavy atom. The molecule has 1 aliphatic rings. The molecule has 0 radical (unpaired) electrons. The first kappa shape index (κ1) is 20.7. The average Bonchev–Trinajstić information content (AvgIpc) is 2.54. The fraction of sp³-hybridized carbons (Fsp3) is 0.611.